The molecular weight excluding hydrogens is 314 g/mol. The van der Waals surface area contributed by atoms with Gasteiger partial charge >= 0.3 is 0 Å². The Morgan fingerprint density at radius 2 is 2.08 bits per heavy atom. The molecule has 0 aliphatic carbocycles. The molecule has 0 bridgehead atoms. The van der Waals surface area contributed by atoms with Crippen LogP contribution in [0.1, 0.15) is 59.4 Å². The summed E-state index contributed by atoms with van der Waals surface area (Å²) in [6.07, 6.45) is 5.39. The van der Waals surface area contributed by atoms with Crippen molar-refractivity contribution in [3.8, 4) is 0 Å². The topological polar surface area (TPSA) is 58.4 Å². The molecule has 1 fully saturated rings. The number of likely N-dealkylation sites (tertiary alicyclic amines) is 1. The summed E-state index contributed by atoms with van der Waals surface area (Å²) in [5.74, 6) is -0.00149. The lowest BCUT2D eigenvalue weighted by Crippen LogP contribution is -2.35. The van der Waals surface area contributed by atoms with Crippen molar-refractivity contribution in [2.45, 2.75) is 51.2 Å². The number of aliphatic hydroxyl groups is 1. The molecule has 3 heterocycles. The average molecular weight is 339 g/mol. The van der Waals surface area contributed by atoms with E-state index in [4.69, 9.17) is 0 Å². The molecule has 1 aromatic heterocycles. The van der Waals surface area contributed by atoms with Crippen molar-refractivity contribution in [1.82, 2.24) is 14.7 Å². The molecular formula is C20H25N3O2. The molecule has 2 aliphatic heterocycles. The summed E-state index contributed by atoms with van der Waals surface area (Å²) in [5.41, 5.74) is 2.86. The third-order valence-electron chi connectivity index (χ3n) is 5.71. The van der Waals surface area contributed by atoms with Crippen LogP contribution in [0.2, 0.25) is 0 Å². The van der Waals surface area contributed by atoms with Crippen LogP contribution in [0.4, 0.5) is 0 Å². The molecule has 1 N–H and O–H groups in total. The molecule has 1 saturated heterocycles. The fourth-order valence-electron chi connectivity index (χ4n) is 4.12. The van der Waals surface area contributed by atoms with Crippen LogP contribution in [0.3, 0.4) is 0 Å². The second-order valence-corrected chi connectivity index (χ2v) is 7.57. The predicted molar refractivity (Wildman–Crippen MR) is 95.5 cm³/mol. The Morgan fingerprint density at radius 1 is 1.32 bits per heavy atom. The van der Waals surface area contributed by atoms with E-state index in [9.17, 15) is 9.90 Å². The highest BCUT2D eigenvalue weighted by molar-refractivity contribution is 5.95. The average Bonchev–Trinajstić information content (AvgIpc) is 3.20. The van der Waals surface area contributed by atoms with Crippen molar-refractivity contribution in [3.63, 3.8) is 0 Å². The van der Waals surface area contributed by atoms with E-state index < -0.39 is 5.60 Å². The lowest BCUT2D eigenvalue weighted by molar-refractivity contribution is 0.0417. The van der Waals surface area contributed by atoms with Crippen molar-refractivity contribution >= 4 is 5.91 Å². The lowest BCUT2D eigenvalue weighted by Gasteiger charge is -2.25. The van der Waals surface area contributed by atoms with Gasteiger partial charge in [-0.25, -0.2) is 0 Å². The summed E-state index contributed by atoms with van der Waals surface area (Å²) in [4.78, 5) is 14.8. The van der Waals surface area contributed by atoms with Gasteiger partial charge in [0, 0.05) is 12.6 Å². The number of rotatable bonds is 2. The van der Waals surface area contributed by atoms with E-state index in [1.807, 2.05) is 35.9 Å². The maximum atomic E-state index is 13.0. The number of benzene rings is 1. The van der Waals surface area contributed by atoms with Gasteiger partial charge in [0.05, 0.1) is 24.0 Å². The number of aromatic nitrogens is 2. The first-order chi connectivity index (χ1) is 12.0. The highest BCUT2D eigenvalue weighted by atomic mass is 16.3. The number of hydrogen-bond donors (Lipinski definition) is 1. The van der Waals surface area contributed by atoms with Crippen LogP contribution in [-0.4, -0.2) is 38.8 Å². The zero-order chi connectivity index (χ0) is 17.6. The van der Waals surface area contributed by atoms with Gasteiger partial charge < -0.3 is 10.0 Å². The lowest BCUT2D eigenvalue weighted by atomic mass is 9.92. The molecule has 5 heteroatoms. The minimum Gasteiger partial charge on any atom is -0.383 e. The predicted octanol–water partition coefficient (Wildman–Crippen LogP) is 2.82. The van der Waals surface area contributed by atoms with Gasteiger partial charge in [-0.05, 0) is 45.1 Å². The monoisotopic (exact) mass is 339 g/mol. The minimum atomic E-state index is -0.954. The normalized spacial score (nSPS) is 25.9. The molecule has 0 radical (unpaired) electrons. The molecule has 5 nitrogen and oxygen atoms in total. The van der Waals surface area contributed by atoms with Crippen LogP contribution in [0.15, 0.2) is 30.5 Å². The molecule has 25 heavy (non-hydrogen) atoms. The van der Waals surface area contributed by atoms with Crippen LogP contribution < -0.4 is 0 Å². The van der Waals surface area contributed by atoms with Gasteiger partial charge in [-0.3, -0.25) is 9.48 Å². The Balaban J connectivity index is 1.56. The van der Waals surface area contributed by atoms with Crippen LogP contribution in [0, 0.1) is 6.92 Å². The number of amides is 1. The van der Waals surface area contributed by atoms with Gasteiger partial charge in [-0.15, -0.1) is 0 Å². The summed E-state index contributed by atoms with van der Waals surface area (Å²) in [6, 6.07) is 8.30. The largest absolute Gasteiger partial charge is 0.383 e. The van der Waals surface area contributed by atoms with Crippen LogP contribution >= 0.6 is 0 Å². The quantitative estimate of drug-likeness (QED) is 0.915. The van der Waals surface area contributed by atoms with Crippen LogP contribution in [0.25, 0.3) is 0 Å². The summed E-state index contributed by atoms with van der Waals surface area (Å²) < 4.78 is 2.00. The number of aryl methyl sites for hydroxylation is 1. The van der Waals surface area contributed by atoms with E-state index in [0.717, 1.165) is 30.5 Å². The highest BCUT2D eigenvalue weighted by Crippen LogP contribution is 2.34. The van der Waals surface area contributed by atoms with Crippen molar-refractivity contribution in [3.05, 3.63) is 52.8 Å². The zero-order valence-electron chi connectivity index (χ0n) is 14.9. The number of hydrogen-bond acceptors (Lipinski definition) is 3. The second kappa shape index (κ2) is 5.99. The molecule has 0 spiro atoms. The summed E-state index contributed by atoms with van der Waals surface area (Å²) in [5, 5.41) is 15.5. The zero-order valence-corrected chi connectivity index (χ0v) is 14.9. The maximum Gasteiger partial charge on any atom is 0.257 e. The van der Waals surface area contributed by atoms with Gasteiger partial charge in [0.15, 0.2) is 0 Å². The van der Waals surface area contributed by atoms with Gasteiger partial charge in [0.25, 0.3) is 5.91 Å². The molecule has 4 rings (SSSR count). The van der Waals surface area contributed by atoms with E-state index >= 15 is 0 Å². The molecule has 2 atom stereocenters. The van der Waals surface area contributed by atoms with Gasteiger partial charge in [0.1, 0.15) is 5.60 Å². The van der Waals surface area contributed by atoms with E-state index in [2.05, 4.69) is 12.0 Å². The van der Waals surface area contributed by atoms with Gasteiger partial charge in [-0.1, -0.05) is 29.8 Å². The van der Waals surface area contributed by atoms with E-state index in [-0.39, 0.29) is 5.91 Å². The second-order valence-electron chi connectivity index (χ2n) is 7.57. The first kappa shape index (κ1) is 16.3. The summed E-state index contributed by atoms with van der Waals surface area (Å²) >= 11 is 0. The number of β-amino-alcohol motifs (C(OH)–C–C–N with tert-alkyl or cyclic N) is 1. The van der Waals surface area contributed by atoms with Crippen molar-refractivity contribution < 1.29 is 9.90 Å². The van der Waals surface area contributed by atoms with Crippen molar-refractivity contribution in [2.75, 3.05) is 13.1 Å². The minimum absolute atomic E-state index is 0.00149. The smallest absolute Gasteiger partial charge is 0.257 e. The van der Waals surface area contributed by atoms with Gasteiger partial charge in [0.2, 0.25) is 0 Å². The van der Waals surface area contributed by atoms with E-state index in [1.54, 1.807) is 11.1 Å². The fraction of sp³-hybridized carbons (Fsp3) is 0.500. The molecule has 2 aromatic rings. The van der Waals surface area contributed by atoms with Crippen LogP contribution in [0.5, 0.6) is 0 Å². The maximum absolute atomic E-state index is 13.0. The van der Waals surface area contributed by atoms with Crippen molar-refractivity contribution in [1.29, 1.82) is 0 Å². The fourth-order valence-corrected chi connectivity index (χ4v) is 4.12. The summed E-state index contributed by atoms with van der Waals surface area (Å²) in [7, 11) is 0. The number of nitrogens with zero attached hydrogens (tertiary/aromatic N) is 3. The third-order valence-corrected chi connectivity index (χ3v) is 5.71. The first-order valence-corrected chi connectivity index (χ1v) is 9.13. The molecule has 1 aromatic carbocycles. The summed E-state index contributed by atoms with van der Waals surface area (Å²) in [6.45, 7) is 5.09. The number of fused-ring (bicyclic) bond motifs is 1. The molecule has 132 valence electrons. The Hall–Kier alpha value is -2.14. The van der Waals surface area contributed by atoms with E-state index in [1.165, 1.54) is 5.56 Å². The number of carbonyl (C=O) groups excluding carboxylic acids is 1. The Bertz CT molecular complexity index is 796. The Labute approximate surface area is 148 Å². The SMILES string of the molecule is Cc1ccc(C2(O)CCN(C(=O)c3cnn4c3CCCC4C)C2)cc1. The van der Waals surface area contributed by atoms with Crippen molar-refractivity contribution in [2.24, 2.45) is 0 Å². The van der Waals surface area contributed by atoms with Crippen LogP contribution in [-0.2, 0) is 12.0 Å². The number of carbonyl (C=O) groups is 1. The molecule has 2 aliphatic rings. The standard InChI is InChI=1S/C20H25N3O2/c1-14-6-8-16(9-7-14)20(25)10-11-22(13-20)19(24)17-12-21-23-15(2)4-3-5-18(17)23/h6-9,12,15,25H,3-5,10-11,13H2,1-2H3. The Kier molecular flexibility index (Phi) is 3.91. The highest BCUT2D eigenvalue weighted by Gasteiger charge is 2.40. The Morgan fingerprint density at radius 3 is 2.84 bits per heavy atom. The molecule has 1 amide bonds. The molecule has 2 unspecified atom stereocenters. The first-order valence-electron chi connectivity index (χ1n) is 9.13. The third kappa shape index (κ3) is 2.76. The van der Waals surface area contributed by atoms with E-state index in [0.29, 0.717) is 31.1 Å². The molecule has 0 saturated carbocycles. The van der Waals surface area contributed by atoms with Gasteiger partial charge in [-0.2, -0.15) is 5.10 Å².